The van der Waals surface area contributed by atoms with Crippen LogP contribution < -0.4 is 21.7 Å². The van der Waals surface area contributed by atoms with Gasteiger partial charge in [0.15, 0.2) is 0 Å². The van der Waals surface area contributed by atoms with Crippen LogP contribution in [-0.2, 0) is 4.79 Å². The van der Waals surface area contributed by atoms with E-state index in [4.69, 9.17) is 33.0 Å². The van der Waals surface area contributed by atoms with Crippen molar-refractivity contribution in [3.8, 4) is 22.5 Å². The van der Waals surface area contributed by atoms with Gasteiger partial charge in [0.25, 0.3) is 0 Å². The summed E-state index contributed by atoms with van der Waals surface area (Å²) in [5.41, 5.74) is 13.9. The molecule has 3 aromatic rings. The summed E-state index contributed by atoms with van der Waals surface area (Å²) in [5.74, 6) is -0.106. The number of nitrogens with two attached hydrogens (primary N) is 2. The van der Waals surface area contributed by atoms with Crippen LogP contribution >= 0.6 is 11.6 Å². The molecule has 2 amide bonds. The lowest BCUT2D eigenvalue weighted by Gasteiger charge is -2.40. The molecule has 9 heteroatoms. The number of aromatic nitrogens is 2. The van der Waals surface area contributed by atoms with Gasteiger partial charge in [-0.15, -0.1) is 0 Å². The van der Waals surface area contributed by atoms with Crippen LogP contribution in [-0.4, -0.2) is 47.0 Å². The normalized spacial score (nSPS) is 15.2. The first-order chi connectivity index (χ1) is 16.3. The third-order valence-electron chi connectivity index (χ3n) is 6.25. The van der Waals surface area contributed by atoms with Gasteiger partial charge in [-0.05, 0) is 43.7 Å². The van der Waals surface area contributed by atoms with Gasteiger partial charge in [0.2, 0.25) is 11.8 Å². The topological polar surface area (TPSA) is 127 Å². The zero-order valence-corrected chi connectivity index (χ0v) is 19.7. The molecule has 2 heterocycles. The molecule has 0 bridgehead atoms. The van der Waals surface area contributed by atoms with Crippen molar-refractivity contribution in [1.82, 2.24) is 15.3 Å². The van der Waals surface area contributed by atoms with E-state index in [1.54, 1.807) is 30.5 Å². The Kier molecular flexibility index (Phi) is 6.81. The number of nitrogens with zero attached hydrogens (tertiary/aromatic N) is 3. The van der Waals surface area contributed by atoms with E-state index in [9.17, 15) is 9.59 Å². The SMILES string of the molecule is CCNC1(C(N)=O)CCN(c2cnc(-c3ccc(Cl)cc3)c(-c3ccc(C(N)=O)cc3)n2)CC1. The Morgan fingerprint density at radius 3 is 2.15 bits per heavy atom. The number of carbonyl (C=O) groups is 2. The highest BCUT2D eigenvalue weighted by Gasteiger charge is 2.39. The second-order valence-corrected chi connectivity index (χ2v) is 8.77. The number of piperidine rings is 1. The predicted molar refractivity (Wildman–Crippen MR) is 133 cm³/mol. The summed E-state index contributed by atoms with van der Waals surface area (Å²) in [7, 11) is 0. The fourth-order valence-corrected chi connectivity index (χ4v) is 4.44. The number of nitrogens with one attached hydrogen (secondary N) is 1. The van der Waals surface area contributed by atoms with Crippen molar-refractivity contribution in [3.63, 3.8) is 0 Å². The van der Waals surface area contributed by atoms with Gasteiger partial charge in [0, 0.05) is 34.8 Å². The summed E-state index contributed by atoms with van der Waals surface area (Å²) in [6, 6.07) is 14.4. The van der Waals surface area contributed by atoms with Gasteiger partial charge < -0.3 is 21.7 Å². The molecule has 5 N–H and O–H groups in total. The molecule has 4 rings (SSSR count). The summed E-state index contributed by atoms with van der Waals surface area (Å²) in [6.45, 7) is 3.87. The Hall–Kier alpha value is -3.49. The smallest absolute Gasteiger partial charge is 0.248 e. The first kappa shape index (κ1) is 23.7. The zero-order chi connectivity index (χ0) is 24.3. The summed E-state index contributed by atoms with van der Waals surface area (Å²) in [6.07, 6.45) is 2.91. The van der Waals surface area contributed by atoms with Crippen LogP contribution in [0.4, 0.5) is 5.82 Å². The Morgan fingerprint density at radius 1 is 1.00 bits per heavy atom. The van der Waals surface area contributed by atoms with E-state index >= 15 is 0 Å². The van der Waals surface area contributed by atoms with Gasteiger partial charge in [-0.25, -0.2) is 4.98 Å². The molecule has 1 aromatic heterocycles. The van der Waals surface area contributed by atoms with Crippen molar-refractivity contribution >= 4 is 29.2 Å². The molecule has 1 aliphatic heterocycles. The Morgan fingerprint density at radius 2 is 1.59 bits per heavy atom. The fourth-order valence-electron chi connectivity index (χ4n) is 4.31. The van der Waals surface area contributed by atoms with Gasteiger partial charge in [-0.2, -0.15) is 0 Å². The third kappa shape index (κ3) is 4.73. The zero-order valence-electron chi connectivity index (χ0n) is 18.9. The summed E-state index contributed by atoms with van der Waals surface area (Å²) in [4.78, 5) is 35.4. The van der Waals surface area contributed by atoms with Gasteiger partial charge in [0.05, 0.1) is 17.6 Å². The van der Waals surface area contributed by atoms with Gasteiger partial charge >= 0.3 is 0 Å². The second kappa shape index (κ2) is 9.79. The van der Waals surface area contributed by atoms with Gasteiger partial charge in [0.1, 0.15) is 11.4 Å². The van der Waals surface area contributed by atoms with Crippen LogP contribution in [0.1, 0.15) is 30.1 Å². The lowest BCUT2D eigenvalue weighted by Crippen LogP contribution is -2.61. The fraction of sp³-hybridized carbons (Fsp3) is 0.280. The number of halogens is 1. The molecule has 0 atom stereocenters. The first-order valence-electron chi connectivity index (χ1n) is 11.2. The number of hydrogen-bond acceptors (Lipinski definition) is 6. The van der Waals surface area contributed by atoms with Crippen molar-refractivity contribution in [2.24, 2.45) is 11.5 Å². The van der Waals surface area contributed by atoms with E-state index in [0.717, 1.165) is 11.1 Å². The number of primary amides is 2. The van der Waals surface area contributed by atoms with Crippen LogP contribution in [0.2, 0.25) is 5.02 Å². The molecule has 1 fully saturated rings. The van der Waals surface area contributed by atoms with Crippen LogP contribution in [0.3, 0.4) is 0 Å². The number of likely N-dealkylation sites (N-methyl/N-ethyl adjacent to an activating group) is 1. The third-order valence-corrected chi connectivity index (χ3v) is 6.50. The van der Waals surface area contributed by atoms with E-state index in [-0.39, 0.29) is 5.91 Å². The van der Waals surface area contributed by atoms with Crippen LogP contribution in [0.25, 0.3) is 22.5 Å². The number of anilines is 1. The summed E-state index contributed by atoms with van der Waals surface area (Å²) in [5, 5.41) is 3.90. The predicted octanol–water partition coefficient (Wildman–Crippen LogP) is 3.00. The second-order valence-electron chi connectivity index (χ2n) is 8.34. The molecule has 0 spiro atoms. The van der Waals surface area contributed by atoms with Crippen molar-refractivity contribution in [2.45, 2.75) is 25.3 Å². The molecular weight excluding hydrogens is 452 g/mol. The molecule has 0 unspecified atom stereocenters. The Labute approximate surface area is 203 Å². The Balaban J connectivity index is 1.70. The number of hydrogen-bond donors (Lipinski definition) is 3. The standard InChI is InChI=1S/C25H27ClN6O2/c1-2-30-25(24(28)34)11-13-32(14-12-25)20-15-29-21(16-7-9-19(26)10-8-16)22(31-20)17-3-5-18(6-4-17)23(27)33/h3-10,15,30H,2,11-14H2,1H3,(H2,27,33)(H2,28,34). The number of rotatable bonds is 7. The van der Waals surface area contributed by atoms with Crippen molar-refractivity contribution in [1.29, 1.82) is 0 Å². The van der Waals surface area contributed by atoms with E-state index < -0.39 is 11.4 Å². The van der Waals surface area contributed by atoms with Gasteiger partial charge in [-0.3, -0.25) is 14.6 Å². The molecule has 8 nitrogen and oxygen atoms in total. The van der Waals surface area contributed by atoms with Crippen LogP contribution in [0, 0.1) is 0 Å². The molecular formula is C25H27ClN6O2. The maximum atomic E-state index is 12.1. The van der Waals surface area contributed by atoms with Crippen molar-refractivity contribution < 1.29 is 9.59 Å². The molecule has 34 heavy (non-hydrogen) atoms. The monoisotopic (exact) mass is 478 g/mol. The quantitative estimate of drug-likeness (QED) is 0.479. The van der Waals surface area contributed by atoms with Crippen LogP contribution in [0.5, 0.6) is 0 Å². The molecule has 0 aliphatic carbocycles. The molecule has 0 saturated carbocycles. The van der Waals surface area contributed by atoms with Gasteiger partial charge in [-0.1, -0.05) is 42.8 Å². The highest BCUT2D eigenvalue weighted by molar-refractivity contribution is 6.30. The van der Waals surface area contributed by atoms with E-state index in [1.165, 1.54) is 0 Å². The Bertz CT molecular complexity index is 1190. The molecule has 1 saturated heterocycles. The maximum Gasteiger partial charge on any atom is 0.248 e. The number of carbonyl (C=O) groups excluding carboxylic acids is 2. The minimum absolute atomic E-state index is 0.326. The lowest BCUT2D eigenvalue weighted by molar-refractivity contribution is -0.125. The highest BCUT2D eigenvalue weighted by atomic mass is 35.5. The molecule has 1 aliphatic rings. The van der Waals surface area contributed by atoms with E-state index in [2.05, 4.69) is 10.2 Å². The highest BCUT2D eigenvalue weighted by Crippen LogP contribution is 2.33. The average Bonchev–Trinajstić information content (AvgIpc) is 2.85. The minimum atomic E-state index is -0.699. The maximum absolute atomic E-state index is 12.1. The molecule has 0 radical (unpaired) electrons. The van der Waals surface area contributed by atoms with Crippen LogP contribution in [0.15, 0.2) is 54.7 Å². The largest absolute Gasteiger partial charge is 0.368 e. The number of amides is 2. The molecule has 176 valence electrons. The summed E-state index contributed by atoms with van der Waals surface area (Å²) < 4.78 is 0. The van der Waals surface area contributed by atoms with E-state index in [1.807, 2.05) is 31.2 Å². The first-order valence-corrected chi connectivity index (χ1v) is 11.5. The van der Waals surface area contributed by atoms with E-state index in [0.29, 0.717) is 60.3 Å². The van der Waals surface area contributed by atoms with Crippen molar-refractivity contribution in [3.05, 3.63) is 65.3 Å². The summed E-state index contributed by atoms with van der Waals surface area (Å²) >= 11 is 6.07. The lowest BCUT2D eigenvalue weighted by atomic mass is 9.86. The minimum Gasteiger partial charge on any atom is -0.368 e. The molecule has 2 aromatic carbocycles. The number of benzene rings is 2. The average molecular weight is 479 g/mol. The van der Waals surface area contributed by atoms with Crippen molar-refractivity contribution in [2.75, 3.05) is 24.5 Å².